The molecule has 0 atom stereocenters. The minimum absolute atomic E-state index is 0.106. The highest BCUT2D eigenvalue weighted by Crippen LogP contribution is 2.53. The van der Waals surface area contributed by atoms with E-state index < -0.39 is 0 Å². The smallest absolute Gasteiger partial charge is 0.160 e. The zero-order chi connectivity index (χ0) is 36.0. The van der Waals surface area contributed by atoms with Crippen molar-refractivity contribution in [2.24, 2.45) is 0 Å². The summed E-state index contributed by atoms with van der Waals surface area (Å²) in [5.41, 5.74) is 14.3. The maximum absolute atomic E-state index is 6.19. The Morgan fingerprint density at radius 1 is 0.407 bits per heavy atom. The number of furan rings is 1. The summed E-state index contributed by atoms with van der Waals surface area (Å²) in [6.07, 6.45) is 0. The zero-order valence-corrected chi connectivity index (χ0v) is 30.0. The first-order chi connectivity index (χ1) is 26.5. The molecule has 0 bridgehead atoms. The van der Waals surface area contributed by atoms with Crippen LogP contribution in [0.1, 0.15) is 25.0 Å². The number of nitrogens with zero attached hydrogens (tertiary/aromatic N) is 2. The Morgan fingerprint density at radius 3 is 1.94 bits per heavy atom. The Bertz CT molecular complexity index is 3130. The molecule has 1 aliphatic carbocycles. The molecule has 0 spiro atoms. The van der Waals surface area contributed by atoms with Gasteiger partial charge in [-0.3, -0.25) is 0 Å². The number of hydrogen-bond acceptors (Lipinski definition) is 3. The van der Waals surface area contributed by atoms with Gasteiger partial charge in [0.1, 0.15) is 11.2 Å². The zero-order valence-electron chi connectivity index (χ0n) is 30.0. The van der Waals surface area contributed by atoms with Crippen molar-refractivity contribution in [1.82, 2.24) is 9.97 Å². The Hall–Kier alpha value is -6.84. The van der Waals surface area contributed by atoms with E-state index in [1.165, 1.54) is 44.2 Å². The molecule has 2 aromatic heterocycles. The summed E-state index contributed by atoms with van der Waals surface area (Å²) in [5, 5.41) is 7.06. The van der Waals surface area contributed by atoms with Crippen molar-refractivity contribution >= 4 is 43.5 Å². The normalized spacial score (nSPS) is 13.1. The van der Waals surface area contributed by atoms with Gasteiger partial charge in [-0.15, -0.1) is 0 Å². The summed E-state index contributed by atoms with van der Waals surface area (Å²) in [6.45, 7) is 4.71. The third kappa shape index (κ3) is 4.75. The minimum atomic E-state index is -0.106. The Morgan fingerprint density at radius 2 is 1.09 bits per heavy atom. The van der Waals surface area contributed by atoms with E-state index in [2.05, 4.69) is 153 Å². The molecule has 8 aromatic carbocycles. The predicted octanol–water partition coefficient (Wildman–Crippen LogP) is 13.7. The third-order valence-corrected chi connectivity index (χ3v) is 11.4. The maximum Gasteiger partial charge on any atom is 0.160 e. The Labute approximate surface area is 313 Å². The summed E-state index contributed by atoms with van der Waals surface area (Å²) in [5.74, 6) is 0.702. The molecule has 0 fully saturated rings. The summed E-state index contributed by atoms with van der Waals surface area (Å²) in [4.78, 5) is 10.4. The molecular weight excluding hydrogens is 657 g/mol. The van der Waals surface area contributed by atoms with Crippen LogP contribution in [-0.2, 0) is 5.41 Å². The summed E-state index contributed by atoms with van der Waals surface area (Å²) >= 11 is 0. The van der Waals surface area contributed by atoms with Crippen molar-refractivity contribution in [3.05, 3.63) is 181 Å². The van der Waals surface area contributed by atoms with Crippen LogP contribution in [0, 0.1) is 0 Å². The molecule has 0 saturated heterocycles. The molecule has 0 radical (unpaired) electrons. The van der Waals surface area contributed by atoms with Crippen molar-refractivity contribution in [2.45, 2.75) is 19.3 Å². The minimum Gasteiger partial charge on any atom is -0.456 e. The van der Waals surface area contributed by atoms with Crippen molar-refractivity contribution < 1.29 is 4.42 Å². The standard InChI is InChI=1S/C51H34N2O/c1-51(2)43-20-11-19-39(49(43)42-26-32-14-6-7-15-33(32)28-44(42)51)35-16-10-17-36(24-35)45-30-46(53-50(52-45)31-12-4-3-5-13-31)37-23-22-34-29-48-41(27-38(34)25-37)40-18-8-9-21-47(40)54-48/h3-30H,1-2H3. The van der Waals surface area contributed by atoms with E-state index in [1.807, 2.05) is 30.3 Å². The molecule has 254 valence electrons. The van der Waals surface area contributed by atoms with Crippen molar-refractivity contribution in [3.8, 4) is 56.2 Å². The van der Waals surface area contributed by atoms with Gasteiger partial charge in [0.25, 0.3) is 0 Å². The highest BCUT2D eigenvalue weighted by molar-refractivity contribution is 6.10. The first-order valence-corrected chi connectivity index (χ1v) is 18.6. The highest BCUT2D eigenvalue weighted by atomic mass is 16.3. The molecule has 3 nitrogen and oxygen atoms in total. The lowest BCUT2D eigenvalue weighted by atomic mass is 9.81. The molecule has 0 saturated carbocycles. The largest absolute Gasteiger partial charge is 0.456 e. The SMILES string of the molecule is CC1(C)c2cc3ccccc3cc2-c2c(-c3cccc(-c4cc(-c5ccc6cc7oc8ccccc8c7cc6c5)nc(-c5ccccc5)n4)c3)cccc21. The highest BCUT2D eigenvalue weighted by Gasteiger charge is 2.37. The van der Waals surface area contributed by atoms with Gasteiger partial charge in [-0.25, -0.2) is 9.97 Å². The third-order valence-electron chi connectivity index (χ3n) is 11.4. The number of fused-ring (bicyclic) bond motifs is 8. The maximum atomic E-state index is 6.19. The van der Waals surface area contributed by atoms with E-state index in [4.69, 9.17) is 14.4 Å². The Kier molecular flexibility index (Phi) is 6.60. The molecule has 0 unspecified atom stereocenters. The van der Waals surface area contributed by atoms with Crippen LogP contribution in [0.4, 0.5) is 0 Å². The van der Waals surface area contributed by atoms with Gasteiger partial charge in [0.2, 0.25) is 0 Å². The molecule has 0 aliphatic heterocycles. The molecule has 10 aromatic rings. The van der Waals surface area contributed by atoms with Gasteiger partial charge < -0.3 is 4.42 Å². The van der Waals surface area contributed by atoms with Crippen LogP contribution < -0.4 is 0 Å². The second-order valence-corrected chi connectivity index (χ2v) is 15.0. The molecule has 0 amide bonds. The van der Waals surface area contributed by atoms with Crippen LogP contribution in [0.3, 0.4) is 0 Å². The van der Waals surface area contributed by atoms with E-state index in [9.17, 15) is 0 Å². The first kappa shape index (κ1) is 30.8. The number of hydrogen-bond donors (Lipinski definition) is 0. The van der Waals surface area contributed by atoms with Crippen LogP contribution in [-0.4, -0.2) is 9.97 Å². The first-order valence-electron chi connectivity index (χ1n) is 18.6. The van der Waals surface area contributed by atoms with Gasteiger partial charge in [-0.1, -0.05) is 135 Å². The average Bonchev–Trinajstić information content (AvgIpc) is 3.69. The number of aromatic nitrogens is 2. The second-order valence-electron chi connectivity index (χ2n) is 15.0. The summed E-state index contributed by atoms with van der Waals surface area (Å²) < 4.78 is 6.19. The molecular formula is C51H34N2O. The lowest BCUT2D eigenvalue weighted by Crippen LogP contribution is -2.14. The lowest BCUT2D eigenvalue weighted by molar-refractivity contribution is 0.661. The molecule has 2 heterocycles. The Balaban J connectivity index is 1.07. The average molecular weight is 691 g/mol. The van der Waals surface area contributed by atoms with E-state index >= 15 is 0 Å². The fraction of sp³-hybridized carbons (Fsp3) is 0.0588. The topological polar surface area (TPSA) is 38.9 Å². The monoisotopic (exact) mass is 690 g/mol. The molecule has 1 aliphatic rings. The fourth-order valence-electron chi connectivity index (χ4n) is 8.65. The van der Waals surface area contributed by atoms with Crippen LogP contribution in [0.25, 0.3) is 99.6 Å². The quantitative estimate of drug-likeness (QED) is 0.184. The second kappa shape index (κ2) is 11.6. The summed E-state index contributed by atoms with van der Waals surface area (Å²) in [6, 6.07) is 60.7. The van der Waals surface area contributed by atoms with Gasteiger partial charge in [0.05, 0.1) is 11.4 Å². The van der Waals surface area contributed by atoms with Gasteiger partial charge in [0, 0.05) is 32.9 Å². The number of rotatable bonds is 4. The number of para-hydroxylation sites is 1. The van der Waals surface area contributed by atoms with E-state index in [-0.39, 0.29) is 5.41 Å². The van der Waals surface area contributed by atoms with Gasteiger partial charge >= 0.3 is 0 Å². The molecule has 11 rings (SSSR count). The molecule has 54 heavy (non-hydrogen) atoms. The van der Waals surface area contributed by atoms with Crippen LogP contribution in [0.15, 0.2) is 174 Å². The predicted molar refractivity (Wildman–Crippen MR) is 224 cm³/mol. The van der Waals surface area contributed by atoms with Gasteiger partial charge in [0.15, 0.2) is 5.82 Å². The van der Waals surface area contributed by atoms with Crippen molar-refractivity contribution in [2.75, 3.05) is 0 Å². The van der Waals surface area contributed by atoms with E-state index in [1.54, 1.807) is 0 Å². The van der Waals surface area contributed by atoms with Crippen molar-refractivity contribution in [3.63, 3.8) is 0 Å². The summed E-state index contributed by atoms with van der Waals surface area (Å²) in [7, 11) is 0. The van der Waals surface area contributed by atoms with E-state index in [0.717, 1.165) is 60.8 Å². The van der Waals surface area contributed by atoms with Gasteiger partial charge in [-0.05, 0) is 103 Å². The molecule has 3 heteroatoms. The lowest BCUT2D eigenvalue weighted by Gasteiger charge is -2.22. The van der Waals surface area contributed by atoms with Crippen LogP contribution in [0.2, 0.25) is 0 Å². The molecule has 0 N–H and O–H groups in total. The van der Waals surface area contributed by atoms with Crippen molar-refractivity contribution in [1.29, 1.82) is 0 Å². The van der Waals surface area contributed by atoms with Gasteiger partial charge in [-0.2, -0.15) is 0 Å². The van der Waals surface area contributed by atoms with E-state index in [0.29, 0.717) is 5.82 Å². The van der Waals surface area contributed by atoms with Crippen LogP contribution in [0.5, 0.6) is 0 Å². The van der Waals surface area contributed by atoms with Crippen LogP contribution >= 0.6 is 0 Å². The fourth-order valence-corrected chi connectivity index (χ4v) is 8.65. The number of benzene rings is 8.